The molecule has 2 heteroatoms. The number of hydrogen-bond acceptors (Lipinski definition) is 1. The van der Waals surface area contributed by atoms with E-state index in [1.807, 2.05) is 12.1 Å². The molecule has 0 saturated heterocycles. The van der Waals surface area contributed by atoms with Gasteiger partial charge in [-0.15, -0.1) is 0 Å². The number of ether oxygens (including phenoxy) is 1. The van der Waals surface area contributed by atoms with Crippen LogP contribution in [0, 0.1) is 3.57 Å². The minimum Gasteiger partial charge on any atom is -0.494 e. The monoisotopic (exact) mass is 360 g/mol. The second-order valence-corrected chi connectivity index (χ2v) is 6.02. The lowest BCUT2D eigenvalue weighted by atomic mass is 10.1. The normalized spacial score (nSPS) is 10.6. The van der Waals surface area contributed by atoms with Crippen LogP contribution in [0.15, 0.2) is 24.3 Å². The Hall–Kier alpha value is -0.250. The van der Waals surface area contributed by atoms with Crippen LogP contribution in [0.4, 0.5) is 0 Å². The van der Waals surface area contributed by atoms with Crippen LogP contribution in [0.2, 0.25) is 0 Å². The lowest BCUT2D eigenvalue weighted by molar-refractivity contribution is 0.304. The second kappa shape index (κ2) is 10.7. The van der Waals surface area contributed by atoms with Crippen LogP contribution < -0.4 is 4.74 Å². The minimum atomic E-state index is 0.857. The first-order chi connectivity index (χ1) is 8.83. The standard InChI is InChI=1S/C16H25IO/c1-2-3-4-5-6-7-8-9-14-18-16-12-10-15(17)11-13-16/h10-13H,2-9,14H2,1H3. The van der Waals surface area contributed by atoms with Gasteiger partial charge >= 0.3 is 0 Å². The molecule has 0 unspecified atom stereocenters. The summed E-state index contributed by atoms with van der Waals surface area (Å²) in [6, 6.07) is 8.27. The quantitative estimate of drug-likeness (QED) is 0.378. The molecule has 0 spiro atoms. The average Bonchev–Trinajstić information content (AvgIpc) is 2.39. The Morgan fingerprint density at radius 3 is 2.00 bits per heavy atom. The van der Waals surface area contributed by atoms with Crippen molar-refractivity contribution >= 4 is 22.6 Å². The Labute approximate surface area is 125 Å². The van der Waals surface area contributed by atoms with Gasteiger partial charge in [0.1, 0.15) is 5.75 Å². The van der Waals surface area contributed by atoms with E-state index in [0.29, 0.717) is 0 Å². The van der Waals surface area contributed by atoms with Crippen LogP contribution in [0.3, 0.4) is 0 Å². The van der Waals surface area contributed by atoms with Gasteiger partial charge in [-0.1, -0.05) is 51.9 Å². The van der Waals surface area contributed by atoms with Crippen molar-refractivity contribution in [2.45, 2.75) is 58.3 Å². The first-order valence-corrected chi connectivity index (χ1v) is 8.29. The van der Waals surface area contributed by atoms with Crippen molar-refractivity contribution in [2.24, 2.45) is 0 Å². The molecule has 0 saturated carbocycles. The third-order valence-electron chi connectivity index (χ3n) is 3.08. The van der Waals surface area contributed by atoms with Crippen LogP contribution in [0.5, 0.6) is 5.75 Å². The van der Waals surface area contributed by atoms with Gasteiger partial charge in [0.15, 0.2) is 0 Å². The predicted molar refractivity (Wildman–Crippen MR) is 87.3 cm³/mol. The topological polar surface area (TPSA) is 9.23 Å². The van der Waals surface area contributed by atoms with Crippen LogP contribution >= 0.6 is 22.6 Å². The van der Waals surface area contributed by atoms with E-state index < -0.39 is 0 Å². The first-order valence-electron chi connectivity index (χ1n) is 7.21. The molecule has 0 amide bonds. The Morgan fingerprint density at radius 1 is 0.833 bits per heavy atom. The molecule has 0 radical (unpaired) electrons. The van der Waals surface area contributed by atoms with E-state index in [9.17, 15) is 0 Å². The average molecular weight is 360 g/mol. The third kappa shape index (κ3) is 7.96. The largest absolute Gasteiger partial charge is 0.494 e. The lowest BCUT2D eigenvalue weighted by Gasteiger charge is -2.06. The van der Waals surface area contributed by atoms with Crippen molar-refractivity contribution in [3.8, 4) is 5.75 Å². The highest BCUT2D eigenvalue weighted by atomic mass is 127. The molecule has 1 aromatic carbocycles. The van der Waals surface area contributed by atoms with Crippen LogP contribution in [0.1, 0.15) is 58.3 Å². The van der Waals surface area contributed by atoms with E-state index in [1.165, 1.54) is 54.9 Å². The molecule has 0 atom stereocenters. The molecule has 0 N–H and O–H groups in total. The van der Waals surface area contributed by atoms with Crippen molar-refractivity contribution in [3.05, 3.63) is 27.8 Å². The van der Waals surface area contributed by atoms with Gasteiger partial charge in [0.05, 0.1) is 6.61 Å². The molecule has 1 nitrogen and oxygen atoms in total. The number of halogens is 1. The molecular weight excluding hydrogens is 335 g/mol. The SMILES string of the molecule is CCCCCCCCCCOc1ccc(I)cc1. The molecule has 0 aliphatic carbocycles. The van der Waals surface area contributed by atoms with E-state index >= 15 is 0 Å². The Balaban J connectivity index is 1.91. The summed E-state index contributed by atoms with van der Waals surface area (Å²) in [6.45, 7) is 3.12. The molecule has 0 fully saturated rings. The highest BCUT2D eigenvalue weighted by Gasteiger charge is 1.94. The summed E-state index contributed by atoms with van der Waals surface area (Å²) >= 11 is 2.31. The zero-order chi connectivity index (χ0) is 13.1. The minimum absolute atomic E-state index is 0.857. The molecule has 1 rings (SSSR count). The first kappa shape index (κ1) is 15.8. The van der Waals surface area contributed by atoms with Gasteiger partial charge < -0.3 is 4.74 Å². The fraction of sp³-hybridized carbons (Fsp3) is 0.625. The summed E-state index contributed by atoms with van der Waals surface area (Å²) in [5, 5.41) is 0. The maximum absolute atomic E-state index is 5.70. The number of rotatable bonds is 10. The van der Waals surface area contributed by atoms with E-state index in [4.69, 9.17) is 4.74 Å². The molecule has 0 aliphatic heterocycles. The van der Waals surface area contributed by atoms with E-state index in [-0.39, 0.29) is 0 Å². The highest BCUT2D eigenvalue weighted by Crippen LogP contribution is 2.14. The van der Waals surface area contributed by atoms with Crippen molar-refractivity contribution < 1.29 is 4.74 Å². The van der Waals surface area contributed by atoms with Gasteiger partial charge in [0.25, 0.3) is 0 Å². The van der Waals surface area contributed by atoms with Gasteiger partial charge in [-0.3, -0.25) is 0 Å². The maximum atomic E-state index is 5.70. The van der Waals surface area contributed by atoms with Crippen molar-refractivity contribution in [3.63, 3.8) is 0 Å². The molecule has 0 aliphatic rings. The summed E-state index contributed by atoms with van der Waals surface area (Å²) in [5.74, 6) is 0.998. The summed E-state index contributed by atoms with van der Waals surface area (Å²) in [5.41, 5.74) is 0. The number of benzene rings is 1. The maximum Gasteiger partial charge on any atom is 0.119 e. The van der Waals surface area contributed by atoms with Crippen LogP contribution in [-0.4, -0.2) is 6.61 Å². The summed E-state index contributed by atoms with van der Waals surface area (Å²) in [4.78, 5) is 0. The zero-order valence-corrected chi connectivity index (χ0v) is 13.6. The van der Waals surface area contributed by atoms with Gasteiger partial charge in [-0.2, -0.15) is 0 Å². The summed E-state index contributed by atoms with van der Waals surface area (Å²) < 4.78 is 6.96. The van der Waals surface area contributed by atoms with E-state index in [0.717, 1.165) is 12.4 Å². The number of unbranched alkanes of at least 4 members (excludes halogenated alkanes) is 7. The second-order valence-electron chi connectivity index (χ2n) is 4.78. The molecule has 0 aromatic heterocycles. The molecule has 0 bridgehead atoms. The Bertz CT molecular complexity index is 294. The highest BCUT2D eigenvalue weighted by molar-refractivity contribution is 14.1. The molecule has 0 heterocycles. The van der Waals surface area contributed by atoms with Gasteiger partial charge in [0, 0.05) is 3.57 Å². The molecule has 1 aromatic rings. The summed E-state index contributed by atoms with van der Waals surface area (Å²) in [7, 11) is 0. The van der Waals surface area contributed by atoms with Crippen molar-refractivity contribution in [1.29, 1.82) is 0 Å². The smallest absolute Gasteiger partial charge is 0.119 e. The fourth-order valence-corrected chi connectivity index (χ4v) is 2.32. The number of hydrogen-bond donors (Lipinski definition) is 0. The predicted octanol–water partition coefficient (Wildman–Crippen LogP) is 5.81. The Morgan fingerprint density at radius 2 is 1.39 bits per heavy atom. The third-order valence-corrected chi connectivity index (χ3v) is 3.80. The van der Waals surface area contributed by atoms with E-state index in [2.05, 4.69) is 41.6 Å². The van der Waals surface area contributed by atoms with Gasteiger partial charge in [-0.05, 0) is 53.3 Å². The fourth-order valence-electron chi connectivity index (χ4n) is 1.96. The van der Waals surface area contributed by atoms with E-state index in [1.54, 1.807) is 0 Å². The van der Waals surface area contributed by atoms with Gasteiger partial charge in [-0.25, -0.2) is 0 Å². The van der Waals surface area contributed by atoms with Crippen molar-refractivity contribution in [1.82, 2.24) is 0 Å². The lowest BCUT2D eigenvalue weighted by Crippen LogP contribution is -1.97. The zero-order valence-electron chi connectivity index (χ0n) is 11.5. The van der Waals surface area contributed by atoms with Crippen LogP contribution in [-0.2, 0) is 0 Å². The molecule has 18 heavy (non-hydrogen) atoms. The van der Waals surface area contributed by atoms with Crippen molar-refractivity contribution in [2.75, 3.05) is 6.61 Å². The summed E-state index contributed by atoms with van der Waals surface area (Å²) in [6.07, 6.45) is 10.8. The molecular formula is C16H25IO. The van der Waals surface area contributed by atoms with Gasteiger partial charge in [0.2, 0.25) is 0 Å². The van der Waals surface area contributed by atoms with Crippen LogP contribution in [0.25, 0.3) is 0 Å². The Kier molecular flexibility index (Phi) is 9.35. The molecule has 102 valence electrons.